The van der Waals surface area contributed by atoms with Crippen LogP contribution in [0.25, 0.3) is 82.5 Å². The van der Waals surface area contributed by atoms with Crippen LogP contribution < -0.4 is 4.90 Å². The molecule has 11 aromatic carbocycles. The SMILES string of the molecule is c1ccc(C2(c3ccccc3)c3ccccc3-c3c(N(c4ccccc4-c4ccc5oc6c7ccccc7ccc6c5c4)c4ccccc4-n4c5ccccc5c5ccccc54)cccc32)cc1. The zero-order valence-electron chi connectivity index (χ0n) is 37.1. The Morgan fingerprint density at radius 2 is 0.941 bits per heavy atom. The van der Waals surface area contributed by atoms with Crippen molar-refractivity contribution in [1.29, 1.82) is 0 Å². The van der Waals surface area contributed by atoms with Gasteiger partial charge in [-0.1, -0.05) is 200 Å². The largest absolute Gasteiger partial charge is 0.455 e. The number of hydrogen-bond acceptors (Lipinski definition) is 2. The van der Waals surface area contributed by atoms with Crippen LogP contribution in [0.2, 0.25) is 0 Å². The summed E-state index contributed by atoms with van der Waals surface area (Å²) in [7, 11) is 0. The van der Waals surface area contributed by atoms with Crippen LogP contribution in [0.1, 0.15) is 22.3 Å². The first-order chi connectivity index (χ1) is 33.8. The number of para-hydroxylation sites is 5. The number of rotatable bonds is 7. The fraction of sp³-hybridized carbons (Fsp3) is 0.0154. The highest BCUT2D eigenvalue weighted by molar-refractivity contribution is 6.16. The van der Waals surface area contributed by atoms with Crippen LogP contribution >= 0.6 is 0 Å². The maximum atomic E-state index is 6.66. The van der Waals surface area contributed by atoms with E-state index in [1.807, 2.05) is 0 Å². The fourth-order valence-corrected chi connectivity index (χ4v) is 11.7. The van der Waals surface area contributed by atoms with Crippen molar-refractivity contribution in [2.24, 2.45) is 0 Å². The molecule has 0 radical (unpaired) electrons. The van der Waals surface area contributed by atoms with Gasteiger partial charge < -0.3 is 13.9 Å². The number of hydrogen-bond donors (Lipinski definition) is 0. The molecule has 0 saturated carbocycles. The van der Waals surface area contributed by atoms with Crippen LogP contribution in [0.5, 0.6) is 0 Å². The molecule has 0 unspecified atom stereocenters. The molecule has 0 spiro atoms. The van der Waals surface area contributed by atoms with Gasteiger partial charge in [-0.2, -0.15) is 0 Å². The number of aromatic nitrogens is 1. The number of benzene rings is 11. The number of nitrogens with zero attached hydrogens (tertiary/aromatic N) is 2. The van der Waals surface area contributed by atoms with Gasteiger partial charge in [-0.15, -0.1) is 0 Å². The van der Waals surface area contributed by atoms with E-state index in [-0.39, 0.29) is 0 Å². The van der Waals surface area contributed by atoms with Gasteiger partial charge in [0.1, 0.15) is 11.2 Å². The van der Waals surface area contributed by atoms with E-state index in [1.165, 1.54) is 49.5 Å². The number of anilines is 3. The summed E-state index contributed by atoms with van der Waals surface area (Å²) < 4.78 is 9.12. The molecule has 3 nitrogen and oxygen atoms in total. The monoisotopic (exact) mass is 866 g/mol. The Hall–Kier alpha value is -8.92. The van der Waals surface area contributed by atoms with Crippen LogP contribution in [0.3, 0.4) is 0 Å². The van der Waals surface area contributed by atoms with Crippen molar-refractivity contribution in [3.63, 3.8) is 0 Å². The molecule has 0 fully saturated rings. The maximum Gasteiger partial charge on any atom is 0.143 e. The zero-order valence-corrected chi connectivity index (χ0v) is 37.1. The van der Waals surface area contributed by atoms with E-state index in [0.717, 1.165) is 72.2 Å². The molecule has 0 bridgehead atoms. The first kappa shape index (κ1) is 38.4. The van der Waals surface area contributed by atoms with E-state index in [0.29, 0.717) is 0 Å². The lowest BCUT2D eigenvalue weighted by Crippen LogP contribution is -2.28. The van der Waals surface area contributed by atoms with Crippen molar-refractivity contribution in [2.75, 3.05) is 4.90 Å². The molecule has 3 heteroatoms. The lowest BCUT2D eigenvalue weighted by molar-refractivity contribution is 0.672. The highest BCUT2D eigenvalue weighted by Crippen LogP contribution is 2.60. The van der Waals surface area contributed by atoms with Crippen molar-refractivity contribution < 1.29 is 4.42 Å². The number of furan rings is 1. The van der Waals surface area contributed by atoms with Crippen LogP contribution in [0.15, 0.2) is 259 Å². The second-order valence-corrected chi connectivity index (χ2v) is 17.9. The van der Waals surface area contributed by atoms with E-state index in [9.17, 15) is 0 Å². The third kappa shape index (κ3) is 5.47. The predicted octanol–water partition coefficient (Wildman–Crippen LogP) is 17.3. The molecule has 0 amide bonds. The summed E-state index contributed by atoms with van der Waals surface area (Å²) >= 11 is 0. The Bertz CT molecular complexity index is 4010. The Balaban J connectivity index is 1.09. The molecule has 0 saturated heterocycles. The smallest absolute Gasteiger partial charge is 0.143 e. The summed E-state index contributed by atoms with van der Waals surface area (Å²) in [6.07, 6.45) is 0. The molecule has 14 rings (SSSR count). The second-order valence-electron chi connectivity index (χ2n) is 17.9. The van der Waals surface area contributed by atoms with Crippen LogP contribution in [0, 0.1) is 0 Å². The summed E-state index contributed by atoms with van der Waals surface area (Å²) in [6, 6.07) is 93.3. The molecular weight excluding hydrogens is 825 g/mol. The van der Waals surface area contributed by atoms with Gasteiger partial charge >= 0.3 is 0 Å². The van der Waals surface area contributed by atoms with Gasteiger partial charge in [0.15, 0.2) is 0 Å². The highest BCUT2D eigenvalue weighted by Gasteiger charge is 2.47. The Morgan fingerprint density at radius 3 is 1.69 bits per heavy atom. The van der Waals surface area contributed by atoms with Crippen molar-refractivity contribution in [2.45, 2.75) is 5.41 Å². The van der Waals surface area contributed by atoms with E-state index in [1.54, 1.807) is 0 Å². The summed E-state index contributed by atoms with van der Waals surface area (Å²) in [4.78, 5) is 2.54. The average molecular weight is 867 g/mol. The van der Waals surface area contributed by atoms with Gasteiger partial charge in [-0.25, -0.2) is 0 Å². The van der Waals surface area contributed by atoms with Gasteiger partial charge in [0.2, 0.25) is 0 Å². The van der Waals surface area contributed by atoms with Gasteiger partial charge in [0, 0.05) is 38.1 Å². The first-order valence-corrected chi connectivity index (χ1v) is 23.4. The first-order valence-electron chi connectivity index (χ1n) is 23.4. The second kappa shape index (κ2) is 15.1. The Kier molecular flexibility index (Phi) is 8.50. The van der Waals surface area contributed by atoms with Crippen molar-refractivity contribution >= 4 is 71.6 Å². The van der Waals surface area contributed by atoms with Gasteiger partial charge in [-0.3, -0.25) is 0 Å². The van der Waals surface area contributed by atoms with Gasteiger partial charge in [-0.05, 0) is 93.4 Å². The normalized spacial score (nSPS) is 12.8. The molecule has 1 aliphatic carbocycles. The third-order valence-electron chi connectivity index (χ3n) is 14.5. The average Bonchev–Trinajstić information content (AvgIpc) is 4.06. The van der Waals surface area contributed by atoms with Crippen molar-refractivity contribution in [3.8, 4) is 27.9 Å². The van der Waals surface area contributed by atoms with Crippen LogP contribution in [0.4, 0.5) is 17.1 Å². The third-order valence-corrected chi connectivity index (χ3v) is 14.5. The molecule has 68 heavy (non-hydrogen) atoms. The molecule has 0 aliphatic heterocycles. The lowest BCUT2D eigenvalue weighted by atomic mass is 9.68. The lowest BCUT2D eigenvalue weighted by Gasteiger charge is -2.35. The van der Waals surface area contributed by atoms with Gasteiger partial charge in [0.05, 0.1) is 39.2 Å². The molecule has 0 N–H and O–H groups in total. The molecule has 2 aromatic heterocycles. The number of fused-ring (bicyclic) bond motifs is 11. The summed E-state index contributed by atoms with van der Waals surface area (Å²) in [6.45, 7) is 0. The van der Waals surface area contributed by atoms with E-state index in [4.69, 9.17) is 4.42 Å². The van der Waals surface area contributed by atoms with Gasteiger partial charge in [0.25, 0.3) is 0 Å². The quantitative estimate of drug-likeness (QED) is 0.159. The standard InChI is InChI=1S/C65H42N2O/c1-3-21-45(22-4-1)65(46-23-5-2-6-24-46)54-30-13-9-29-52(54)63-55(65)31-19-37-61(63)67(60-36-18-17-35-59(60)66-57-33-15-11-27-49(57)50-28-12-16-34-58(50)66)56-32-14-10-25-47(56)44-39-41-62-53(42-44)51-40-38-43-20-7-8-26-48(43)64(51)68-62/h1-42H. The predicted molar refractivity (Wildman–Crippen MR) is 283 cm³/mol. The van der Waals surface area contributed by atoms with E-state index >= 15 is 0 Å². The Labute approximate surface area is 394 Å². The van der Waals surface area contributed by atoms with E-state index in [2.05, 4.69) is 264 Å². The van der Waals surface area contributed by atoms with Crippen molar-refractivity contribution in [3.05, 3.63) is 277 Å². The Morgan fingerprint density at radius 1 is 0.368 bits per heavy atom. The summed E-state index contributed by atoms with van der Waals surface area (Å²) in [5.41, 5.74) is 17.5. The van der Waals surface area contributed by atoms with Crippen molar-refractivity contribution in [1.82, 2.24) is 4.57 Å². The molecule has 13 aromatic rings. The maximum absolute atomic E-state index is 6.66. The molecule has 2 heterocycles. The molecule has 1 aliphatic rings. The summed E-state index contributed by atoms with van der Waals surface area (Å²) in [5.74, 6) is 0. The summed E-state index contributed by atoms with van der Waals surface area (Å²) in [5, 5.41) is 6.95. The topological polar surface area (TPSA) is 21.3 Å². The van der Waals surface area contributed by atoms with Crippen LogP contribution in [-0.2, 0) is 5.41 Å². The minimum atomic E-state index is -0.570. The molecule has 318 valence electrons. The zero-order chi connectivity index (χ0) is 44.8. The molecule has 0 atom stereocenters. The minimum absolute atomic E-state index is 0.570. The van der Waals surface area contributed by atoms with E-state index < -0.39 is 5.41 Å². The highest BCUT2D eigenvalue weighted by atomic mass is 16.3. The van der Waals surface area contributed by atoms with Crippen LogP contribution in [-0.4, -0.2) is 4.57 Å². The molecular formula is C65H42N2O. The fourth-order valence-electron chi connectivity index (χ4n) is 11.7. The minimum Gasteiger partial charge on any atom is -0.455 e.